The smallest absolute Gasteiger partial charge is 0.122 e. The molecule has 0 aromatic carbocycles. The van der Waals surface area contributed by atoms with Crippen molar-refractivity contribution in [1.82, 2.24) is 10.2 Å². The highest BCUT2D eigenvalue weighted by molar-refractivity contribution is 5.16. The largest absolute Gasteiger partial charge is 0.468 e. The fourth-order valence-corrected chi connectivity index (χ4v) is 2.00. The lowest BCUT2D eigenvalue weighted by Gasteiger charge is -2.19. The van der Waals surface area contributed by atoms with E-state index in [2.05, 4.69) is 36.7 Å². The van der Waals surface area contributed by atoms with Gasteiger partial charge in [0.15, 0.2) is 0 Å². The summed E-state index contributed by atoms with van der Waals surface area (Å²) in [5.41, 5.74) is 1.27. The molecule has 0 aliphatic heterocycles. The second-order valence-corrected chi connectivity index (χ2v) is 4.57. The van der Waals surface area contributed by atoms with E-state index >= 15 is 0 Å². The summed E-state index contributed by atoms with van der Waals surface area (Å²) < 4.78 is 5.60. The Balaban J connectivity index is 2.53. The summed E-state index contributed by atoms with van der Waals surface area (Å²) in [6.07, 6.45) is 6.05. The van der Waals surface area contributed by atoms with Gasteiger partial charge in [-0.1, -0.05) is 19.9 Å². The predicted molar refractivity (Wildman–Crippen MR) is 76.5 cm³/mol. The van der Waals surface area contributed by atoms with Crippen LogP contribution in [-0.2, 0) is 13.1 Å². The van der Waals surface area contributed by atoms with Gasteiger partial charge in [0.1, 0.15) is 5.76 Å². The zero-order valence-electron chi connectivity index (χ0n) is 11.7. The number of rotatable bonds is 10. The van der Waals surface area contributed by atoms with Crippen molar-refractivity contribution in [3.63, 3.8) is 0 Å². The summed E-state index contributed by atoms with van der Waals surface area (Å²) in [7, 11) is 0. The van der Waals surface area contributed by atoms with Gasteiger partial charge in [-0.15, -0.1) is 6.58 Å². The molecule has 0 saturated heterocycles. The first kappa shape index (κ1) is 15.0. The van der Waals surface area contributed by atoms with Crippen LogP contribution in [-0.4, -0.2) is 24.5 Å². The molecule has 0 saturated carbocycles. The van der Waals surface area contributed by atoms with Crippen LogP contribution in [0, 0.1) is 0 Å². The highest BCUT2D eigenvalue weighted by Crippen LogP contribution is 2.13. The van der Waals surface area contributed by atoms with Gasteiger partial charge in [0.25, 0.3) is 0 Å². The fourth-order valence-electron chi connectivity index (χ4n) is 2.00. The van der Waals surface area contributed by atoms with E-state index in [0.29, 0.717) is 0 Å². The minimum Gasteiger partial charge on any atom is -0.468 e. The Bertz CT molecular complexity index is 333. The van der Waals surface area contributed by atoms with Gasteiger partial charge in [-0.2, -0.15) is 0 Å². The lowest BCUT2D eigenvalue weighted by Crippen LogP contribution is -2.25. The Labute approximate surface area is 111 Å². The Hall–Kier alpha value is -1.06. The SMILES string of the molecule is C=CCN(CCC)Cc1occc1CNCCC. The van der Waals surface area contributed by atoms with Gasteiger partial charge in [0.2, 0.25) is 0 Å². The van der Waals surface area contributed by atoms with Crippen molar-refractivity contribution in [2.45, 2.75) is 39.8 Å². The molecule has 3 heteroatoms. The first-order valence-electron chi connectivity index (χ1n) is 6.91. The molecule has 0 amide bonds. The molecular weight excluding hydrogens is 224 g/mol. The summed E-state index contributed by atoms with van der Waals surface area (Å²) >= 11 is 0. The van der Waals surface area contributed by atoms with Crippen LogP contribution >= 0.6 is 0 Å². The number of nitrogens with one attached hydrogen (secondary N) is 1. The molecule has 0 atom stereocenters. The van der Waals surface area contributed by atoms with Crippen LogP contribution in [0.4, 0.5) is 0 Å². The molecule has 0 aliphatic rings. The first-order chi connectivity index (χ1) is 8.81. The van der Waals surface area contributed by atoms with E-state index in [-0.39, 0.29) is 0 Å². The second-order valence-electron chi connectivity index (χ2n) is 4.57. The third-order valence-corrected chi connectivity index (χ3v) is 2.87. The quantitative estimate of drug-likeness (QED) is 0.511. The summed E-state index contributed by atoms with van der Waals surface area (Å²) in [5, 5.41) is 3.42. The van der Waals surface area contributed by atoms with Crippen LogP contribution < -0.4 is 5.32 Å². The molecule has 3 nitrogen and oxygen atoms in total. The van der Waals surface area contributed by atoms with Crippen molar-refractivity contribution < 1.29 is 4.42 Å². The second kappa shape index (κ2) is 8.95. The first-order valence-corrected chi connectivity index (χ1v) is 6.91. The molecule has 0 aliphatic carbocycles. The van der Waals surface area contributed by atoms with Gasteiger partial charge in [0, 0.05) is 18.7 Å². The van der Waals surface area contributed by atoms with Crippen molar-refractivity contribution in [3.05, 3.63) is 36.3 Å². The molecule has 1 aromatic rings. The minimum absolute atomic E-state index is 0.871. The zero-order valence-corrected chi connectivity index (χ0v) is 11.7. The molecule has 0 radical (unpaired) electrons. The van der Waals surface area contributed by atoms with Crippen LogP contribution in [0.15, 0.2) is 29.4 Å². The van der Waals surface area contributed by atoms with E-state index in [1.54, 1.807) is 6.26 Å². The molecule has 102 valence electrons. The summed E-state index contributed by atoms with van der Waals surface area (Å²) in [5.74, 6) is 1.08. The van der Waals surface area contributed by atoms with Gasteiger partial charge in [-0.3, -0.25) is 4.90 Å². The van der Waals surface area contributed by atoms with Crippen molar-refractivity contribution >= 4 is 0 Å². The van der Waals surface area contributed by atoms with E-state index in [1.807, 2.05) is 6.08 Å². The van der Waals surface area contributed by atoms with Crippen LogP contribution in [0.25, 0.3) is 0 Å². The van der Waals surface area contributed by atoms with Crippen molar-refractivity contribution in [2.75, 3.05) is 19.6 Å². The molecule has 0 unspecified atom stereocenters. The summed E-state index contributed by atoms with van der Waals surface area (Å²) in [6.45, 7) is 13.0. The highest BCUT2D eigenvalue weighted by atomic mass is 16.3. The molecule has 0 fully saturated rings. The van der Waals surface area contributed by atoms with Gasteiger partial charge < -0.3 is 9.73 Å². The van der Waals surface area contributed by atoms with Crippen molar-refractivity contribution in [2.24, 2.45) is 0 Å². The standard InChI is InChI=1S/C15H26N2O/c1-4-8-16-12-14-7-11-18-15(14)13-17(9-5-2)10-6-3/h5,7,11,16H,2,4,6,8-10,12-13H2,1,3H3. The van der Waals surface area contributed by atoms with E-state index in [4.69, 9.17) is 4.42 Å². The predicted octanol–water partition coefficient (Wildman–Crippen LogP) is 3.18. The van der Waals surface area contributed by atoms with Crippen molar-refractivity contribution in [3.8, 4) is 0 Å². The molecule has 0 bridgehead atoms. The lowest BCUT2D eigenvalue weighted by molar-refractivity contribution is 0.267. The van der Waals surface area contributed by atoms with E-state index < -0.39 is 0 Å². The highest BCUT2D eigenvalue weighted by Gasteiger charge is 2.10. The molecule has 1 N–H and O–H groups in total. The third kappa shape index (κ3) is 5.07. The van der Waals surface area contributed by atoms with E-state index in [0.717, 1.165) is 51.3 Å². The van der Waals surface area contributed by atoms with E-state index in [9.17, 15) is 0 Å². The maximum absolute atomic E-state index is 5.60. The number of furan rings is 1. The normalized spacial score (nSPS) is 11.1. The van der Waals surface area contributed by atoms with Crippen LogP contribution in [0.2, 0.25) is 0 Å². The monoisotopic (exact) mass is 250 g/mol. The molecule has 0 spiro atoms. The maximum atomic E-state index is 5.60. The van der Waals surface area contributed by atoms with Gasteiger partial charge in [0.05, 0.1) is 12.8 Å². The Kier molecular flexibility index (Phi) is 7.46. The van der Waals surface area contributed by atoms with Crippen LogP contribution in [0.3, 0.4) is 0 Å². The maximum Gasteiger partial charge on any atom is 0.122 e. The van der Waals surface area contributed by atoms with E-state index in [1.165, 1.54) is 5.56 Å². The topological polar surface area (TPSA) is 28.4 Å². The number of hydrogen-bond acceptors (Lipinski definition) is 3. The molecule has 1 heterocycles. The molecule has 1 rings (SSSR count). The Morgan fingerprint density at radius 3 is 2.89 bits per heavy atom. The number of nitrogens with zero attached hydrogens (tertiary/aromatic N) is 1. The lowest BCUT2D eigenvalue weighted by atomic mass is 10.2. The Morgan fingerprint density at radius 1 is 1.39 bits per heavy atom. The van der Waals surface area contributed by atoms with Crippen molar-refractivity contribution in [1.29, 1.82) is 0 Å². The Morgan fingerprint density at radius 2 is 2.22 bits per heavy atom. The summed E-state index contributed by atoms with van der Waals surface area (Å²) in [6, 6.07) is 2.07. The van der Waals surface area contributed by atoms with Gasteiger partial charge in [-0.05, 0) is 32.0 Å². The van der Waals surface area contributed by atoms with Gasteiger partial charge in [-0.25, -0.2) is 0 Å². The molecular formula is C15H26N2O. The third-order valence-electron chi connectivity index (χ3n) is 2.87. The zero-order chi connectivity index (χ0) is 13.2. The average Bonchev–Trinajstić information content (AvgIpc) is 2.78. The van der Waals surface area contributed by atoms with Crippen LogP contribution in [0.5, 0.6) is 0 Å². The summed E-state index contributed by atoms with van der Waals surface area (Å²) in [4.78, 5) is 2.36. The average molecular weight is 250 g/mol. The fraction of sp³-hybridized carbons (Fsp3) is 0.600. The number of hydrogen-bond donors (Lipinski definition) is 1. The van der Waals surface area contributed by atoms with Crippen LogP contribution in [0.1, 0.15) is 38.0 Å². The minimum atomic E-state index is 0.871. The molecule has 18 heavy (non-hydrogen) atoms. The molecule has 1 aromatic heterocycles. The van der Waals surface area contributed by atoms with Gasteiger partial charge >= 0.3 is 0 Å².